The van der Waals surface area contributed by atoms with Gasteiger partial charge in [0.05, 0.1) is 0 Å². The predicted octanol–water partition coefficient (Wildman–Crippen LogP) is 2.39. The Morgan fingerprint density at radius 3 is 2.94 bits per heavy atom. The molecule has 3 atom stereocenters. The Morgan fingerprint density at radius 2 is 2.13 bits per heavy atom. The fourth-order valence-electron chi connectivity index (χ4n) is 5.35. The summed E-state index contributed by atoms with van der Waals surface area (Å²) < 4.78 is 12.1. The van der Waals surface area contributed by atoms with Gasteiger partial charge in [0.15, 0.2) is 0 Å². The van der Waals surface area contributed by atoms with Crippen molar-refractivity contribution in [1.82, 2.24) is 0 Å². The zero-order valence-electron chi connectivity index (χ0n) is 17.8. The molecule has 0 aromatic carbocycles. The summed E-state index contributed by atoms with van der Waals surface area (Å²) in [6.07, 6.45) is 19.5. The van der Waals surface area contributed by atoms with Gasteiger partial charge in [-0.3, -0.25) is 0 Å². The maximum atomic E-state index is 6.75. The van der Waals surface area contributed by atoms with Crippen LogP contribution in [0.4, 0.5) is 5.00 Å². The number of ether oxygens (including phenoxy) is 1. The van der Waals surface area contributed by atoms with Gasteiger partial charge in [0.2, 0.25) is 0 Å². The zero-order valence-corrected chi connectivity index (χ0v) is 20.8. The summed E-state index contributed by atoms with van der Waals surface area (Å²) in [5.74, 6) is 0.624. The molecule has 1 aromatic rings. The topological polar surface area (TPSA) is 15.5 Å². The summed E-state index contributed by atoms with van der Waals surface area (Å²) in [5, 5.41) is 1.46. The Bertz CT molecular complexity index is 1150. The average Bonchev–Trinajstić information content (AvgIpc) is 3.32. The Kier molecular flexibility index (Phi) is 4.96. The van der Waals surface area contributed by atoms with Crippen molar-refractivity contribution in [3.8, 4) is 0 Å². The Hall–Kier alpha value is -1.70. The molecule has 160 valence electrons. The molecule has 31 heavy (non-hydrogen) atoms. The number of hydrogen-bond acceptors (Lipinski definition) is 3. The van der Waals surface area contributed by atoms with Gasteiger partial charge in [-0.2, -0.15) is 0 Å². The first-order valence-corrected chi connectivity index (χ1v) is 14.1. The molecular weight excluding hydrogens is 515 g/mol. The van der Waals surface area contributed by atoms with Crippen LogP contribution in [0.1, 0.15) is 36.6 Å². The molecule has 6 rings (SSSR count). The number of allylic oxidation sites excluding steroid dienone is 2. The van der Waals surface area contributed by atoms with E-state index in [1.54, 1.807) is 7.27 Å². The van der Waals surface area contributed by atoms with E-state index in [9.17, 15) is 0 Å². The molecule has 1 aromatic heterocycles. The molecule has 0 saturated carbocycles. The summed E-state index contributed by atoms with van der Waals surface area (Å²) in [7, 11) is 0. The van der Waals surface area contributed by atoms with E-state index in [1.807, 2.05) is 23.6 Å². The van der Waals surface area contributed by atoms with E-state index in [2.05, 4.69) is 60.1 Å². The molecule has 5 aliphatic rings. The predicted molar refractivity (Wildman–Crippen MR) is 126 cm³/mol. The second kappa shape index (κ2) is 7.71. The first kappa shape index (κ1) is 19.9. The van der Waals surface area contributed by atoms with Crippen LogP contribution in [0.15, 0.2) is 58.0 Å². The van der Waals surface area contributed by atoms with Crippen molar-refractivity contribution >= 4 is 34.7 Å². The van der Waals surface area contributed by atoms with Gasteiger partial charge in [-0.1, -0.05) is 0 Å². The molecule has 3 unspecified atom stereocenters. The monoisotopic (exact) mass is 542 g/mol. The third kappa shape index (κ3) is 3.11. The van der Waals surface area contributed by atoms with Crippen LogP contribution in [0.25, 0.3) is 12.2 Å². The van der Waals surface area contributed by atoms with Crippen LogP contribution in [0.2, 0.25) is 0 Å². The van der Waals surface area contributed by atoms with Crippen molar-refractivity contribution in [3.63, 3.8) is 0 Å². The first-order chi connectivity index (χ1) is 15.2. The number of thiophene rings is 1. The molecule has 0 amide bonds. The van der Waals surface area contributed by atoms with Crippen LogP contribution in [0.5, 0.6) is 0 Å². The fraction of sp³-hybridized carbons (Fsp3) is 0.346. The van der Waals surface area contributed by atoms with Crippen LogP contribution in [0.3, 0.4) is 0 Å². The van der Waals surface area contributed by atoms with Gasteiger partial charge in [0.25, 0.3) is 0 Å². The summed E-state index contributed by atoms with van der Waals surface area (Å²) in [5.41, 5.74) is 5.66. The summed E-state index contributed by atoms with van der Waals surface area (Å²) >= 11 is 1.70. The van der Waals surface area contributed by atoms with E-state index in [0.717, 1.165) is 25.9 Å². The number of halogens is 1. The van der Waals surface area contributed by atoms with Crippen LogP contribution >= 0.6 is 11.3 Å². The fourth-order valence-corrected chi connectivity index (χ4v) is 10.7. The Balaban J connectivity index is 1.42. The summed E-state index contributed by atoms with van der Waals surface area (Å²) in [4.78, 5) is 3.92. The zero-order chi connectivity index (χ0) is 21.1. The van der Waals surface area contributed by atoms with Crippen LogP contribution in [0, 0.1) is 9.49 Å². The summed E-state index contributed by atoms with van der Waals surface area (Å²) in [6, 6.07) is 0. The minimum absolute atomic E-state index is 0.214. The molecule has 0 N–H and O–H groups in total. The van der Waals surface area contributed by atoms with Gasteiger partial charge < -0.3 is 0 Å². The van der Waals surface area contributed by atoms with Crippen LogP contribution < -0.4 is 26.1 Å². The van der Waals surface area contributed by atoms with Crippen molar-refractivity contribution in [2.45, 2.75) is 38.4 Å². The number of anilines is 1. The van der Waals surface area contributed by atoms with E-state index in [-0.39, 0.29) is 33.4 Å². The average molecular weight is 542 g/mol. The molecule has 3 nitrogen and oxygen atoms in total. The van der Waals surface area contributed by atoms with E-state index in [1.165, 1.54) is 38.6 Å². The van der Waals surface area contributed by atoms with Gasteiger partial charge in [-0.15, -0.1) is 0 Å². The second-order valence-corrected chi connectivity index (χ2v) is 12.3. The number of nitrogens with zero attached hydrogens (tertiary/aromatic N) is 2. The number of rotatable bonds is 3. The third-order valence-electron chi connectivity index (χ3n) is 6.89. The molecular formula is C26H27IN2OS. The number of fused-ring (bicyclic) bond motifs is 6. The summed E-state index contributed by atoms with van der Waals surface area (Å²) in [6.45, 7) is 12.3. The Labute approximate surface area is 198 Å². The molecule has 4 aliphatic heterocycles. The van der Waals surface area contributed by atoms with Crippen LogP contribution in [-0.4, -0.2) is 36.1 Å². The van der Waals surface area contributed by atoms with Crippen molar-refractivity contribution in [3.05, 3.63) is 72.0 Å². The van der Waals surface area contributed by atoms with Crippen molar-refractivity contribution in [2.24, 2.45) is 5.92 Å². The van der Waals surface area contributed by atoms with Crippen molar-refractivity contribution in [2.75, 3.05) is 18.0 Å². The number of hydrogen-bond donors (Lipinski definition) is 0. The van der Waals surface area contributed by atoms with E-state index in [0.29, 0.717) is 5.92 Å². The van der Waals surface area contributed by atoms with Gasteiger partial charge >= 0.3 is 200 Å². The van der Waals surface area contributed by atoms with Gasteiger partial charge in [-0.05, 0) is 0 Å². The molecule has 0 saturated heterocycles. The molecule has 5 heteroatoms. The van der Waals surface area contributed by atoms with E-state index < -0.39 is 0 Å². The molecule has 5 heterocycles. The minimum atomic E-state index is -0.214. The molecule has 0 fully saturated rings. The molecule has 0 spiro atoms. The van der Waals surface area contributed by atoms with Gasteiger partial charge in [0.1, 0.15) is 0 Å². The second-order valence-electron chi connectivity index (χ2n) is 8.66. The van der Waals surface area contributed by atoms with Crippen molar-refractivity contribution in [1.29, 1.82) is 0 Å². The van der Waals surface area contributed by atoms with Crippen molar-refractivity contribution < 1.29 is 30.5 Å². The van der Waals surface area contributed by atoms with Gasteiger partial charge in [0, 0.05) is 0 Å². The first-order valence-electron chi connectivity index (χ1n) is 11.1. The maximum absolute atomic E-state index is 6.75. The van der Waals surface area contributed by atoms with E-state index in [4.69, 9.17) is 4.74 Å². The normalized spacial score (nSPS) is 29.0. The molecule has 0 radical (unpaired) electrons. The quantitative estimate of drug-likeness (QED) is 0.331. The van der Waals surface area contributed by atoms with Gasteiger partial charge in [-0.25, -0.2) is 0 Å². The van der Waals surface area contributed by atoms with E-state index >= 15 is 0 Å². The SMILES string of the molecule is C=Cc1sc2c(c1/C=C\C)[I-]C1=C3C=C4C=C5C=[N+](C=C)CCC5CC4OC3CCN12. The standard InChI is InChI=1S/C26H27IN2OS/c1-4-7-19-23(5-2)31-26-24(19)27-25-20-13-17-12-18-15-28(6-3)10-8-16(18)14-22(17)30-21(20)9-11-29(25)26/h4-7,12-13,15-16,21-22H,2-3,8-11,14H2,1H3/b7-4-. The third-order valence-corrected chi connectivity index (χ3v) is 11.8. The molecule has 1 aliphatic carbocycles. The Morgan fingerprint density at radius 1 is 1.23 bits per heavy atom. The molecule has 0 bridgehead atoms. The van der Waals surface area contributed by atoms with Crippen LogP contribution in [-0.2, 0) is 4.74 Å².